The van der Waals surface area contributed by atoms with Crippen LogP contribution in [0.25, 0.3) is 11.1 Å². The first-order valence-corrected chi connectivity index (χ1v) is 11.5. The van der Waals surface area contributed by atoms with Crippen molar-refractivity contribution in [2.45, 2.75) is 45.7 Å². The number of hydrogen-bond donors (Lipinski definition) is 0. The van der Waals surface area contributed by atoms with Gasteiger partial charge in [0.1, 0.15) is 0 Å². The van der Waals surface area contributed by atoms with Crippen LogP contribution in [0.4, 0.5) is 16.2 Å². The molecule has 0 radical (unpaired) electrons. The number of aromatic nitrogens is 2. The summed E-state index contributed by atoms with van der Waals surface area (Å²) in [6, 6.07) is 11.5. The molecule has 2 aromatic carbocycles. The van der Waals surface area contributed by atoms with Gasteiger partial charge in [0.05, 0.1) is 36.8 Å². The maximum Gasteiger partial charge on any atom is 0.420 e. The van der Waals surface area contributed by atoms with E-state index in [2.05, 4.69) is 5.10 Å². The Balaban J connectivity index is 1.53. The number of carbonyl (C=O) groups excluding carboxylic acids is 2. The van der Waals surface area contributed by atoms with Crippen LogP contribution in [0.1, 0.15) is 38.3 Å². The monoisotopic (exact) mass is 460 g/mol. The Kier molecular flexibility index (Phi) is 5.51. The fourth-order valence-electron chi connectivity index (χ4n) is 4.50. The number of rotatable bonds is 4. The van der Waals surface area contributed by atoms with E-state index in [1.807, 2.05) is 55.2 Å². The van der Waals surface area contributed by atoms with Crippen LogP contribution in [-0.4, -0.2) is 41.5 Å². The predicted octanol–water partition coefficient (Wildman–Crippen LogP) is 4.96. The summed E-state index contributed by atoms with van der Waals surface area (Å²) in [5, 5.41) is 4.49. The lowest BCUT2D eigenvalue weighted by Crippen LogP contribution is -2.52. The molecule has 2 heterocycles. The number of amides is 2. The lowest BCUT2D eigenvalue weighted by atomic mass is 10.0. The third-order valence-electron chi connectivity index (χ3n) is 6.35. The molecule has 1 aliphatic heterocycles. The van der Waals surface area contributed by atoms with Crippen molar-refractivity contribution >= 4 is 23.4 Å². The molecule has 0 unspecified atom stereocenters. The van der Waals surface area contributed by atoms with Gasteiger partial charge < -0.3 is 14.4 Å². The Bertz CT molecular complexity index is 1260. The minimum absolute atomic E-state index is 0.0728. The number of hydrogen-bond acceptors (Lipinski definition) is 5. The summed E-state index contributed by atoms with van der Waals surface area (Å²) in [5.74, 6) is 0.768. The highest BCUT2D eigenvalue weighted by Gasteiger charge is 2.35. The highest BCUT2D eigenvalue weighted by molar-refractivity contribution is 6.03. The molecule has 34 heavy (non-hydrogen) atoms. The summed E-state index contributed by atoms with van der Waals surface area (Å²) in [4.78, 5) is 29.2. The van der Waals surface area contributed by atoms with Crippen LogP contribution in [0.3, 0.4) is 0 Å². The third kappa shape index (κ3) is 4.00. The molecule has 0 bridgehead atoms. The van der Waals surface area contributed by atoms with Gasteiger partial charge in [-0.15, -0.1) is 0 Å². The van der Waals surface area contributed by atoms with Gasteiger partial charge in [-0.3, -0.25) is 14.4 Å². The first-order chi connectivity index (χ1) is 16.4. The van der Waals surface area contributed by atoms with E-state index in [-0.39, 0.29) is 11.9 Å². The maximum absolute atomic E-state index is 13.4. The molecule has 2 aliphatic rings. The topological polar surface area (TPSA) is 76.9 Å². The predicted molar refractivity (Wildman–Crippen MR) is 130 cm³/mol. The quantitative estimate of drug-likeness (QED) is 0.550. The SMILES string of the molecule is COc1ccc(C)cc1OC(=O)N1C[C@H](C)N(C(C)=O)c2ccc(-c3cnn(C4CC4)c3)cc21. The fraction of sp³-hybridized carbons (Fsp3) is 0.346. The molecule has 1 aliphatic carbocycles. The smallest absolute Gasteiger partial charge is 0.420 e. The molecule has 8 heteroatoms. The van der Waals surface area contributed by atoms with Gasteiger partial charge in [-0.25, -0.2) is 4.79 Å². The van der Waals surface area contributed by atoms with Crippen molar-refractivity contribution in [3.8, 4) is 22.6 Å². The summed E-state index contributed by atoms with van der Waals surface area (Å²) in [7, 11) is 1.54. The molecule has 2 amide bonds. The summed E-state index contributed by atoms with van der Waals surface area (Å²) >= 11 is 0. The highest BCUT2D eigenvalue weighted by Crippen LogP contribution is 2.41. The number of aryl methyl sites for hydroxylation is 1. The van der Waals surface area contributed by atoms with Crippen molar-refractivity contribution in [2.24, 2.45) is 0 Å². The third-order valence-corrected chi connectivity index (χ3v) is 6.35. The van der Waals surface area contributed by atoms with E-state index in [0.29, 0.717) is 35.5 Å². The molecular weight excluding hydrogens is 432 g/mol. The van der Waals surface area contributed by atoms with Crippen molar-refractivity contribution in [3.63, 3.8) is 0 Å². The lowest BCUT2D eigenvalue weighted by Gasteiger charge is -2.40. The van der Waals surface area contributed by atoms with Gasteiger partial charge in [0.2, 0.25) is 5.91 Å². The number of benzene rings is 2. The highest BCUT2D eigenvalue weighted by atomic mass is 16.6. The van der Waals surface area contributed by atoms with E-state index in [1.54, 1.807) is 36.0 Å². The van der Waals surface area contributed by atoms with Gasteiger partial charge in [-0.2, -0.15) is 5.10 Å². The fourth-order valence-corrected chi connectivity index (χ4v) is 4.50. The number of ether oxygens (including phenoxy) is 2. The number of carbonyl (C=O) groups is 2. The van der Waals surface area contributed by atoms with Crippen molar-refractivity contribution in [3.05, 3.63) is 54.4 Å². The van der Waals surface area contributed by atoms with E-state index in [1.165, 1.54) is 0 Å². The van der Waals surface area contributed by atoms with Gasteiger partial charge in [-0.05, 0) is 62.1 Å². The number of methoxy groups -OCH3 is 1. The maximum atomic E-state index is 13.4. The molecular formula is C26H28N4O4. The Labute approximate surface area is 198 Å². The van der Waals surface area contributed by atoms with Crippen molar-refractivity contribution < 1.29 is 19.1 Å². The van der Waals surface area contributed by atoms with Crippen LogP contribution in [-0.2, 0) is 4.79 Å². The van der Waals surface area contributed by atoms with Crippen LogP contribution in [0.5, 0.6) is 11.5 Å². The second-order valence-electron chi connectivity index (χ2n) is 9.01. The summed E-state index contributed by atoms with van der Waals surface area (Å²) in [5.41, 5.74) is 4.15. The normalized spacial score (nSPS) is 17.4. The zero-order valence-corrected chi connectivity index (χ0v) is 19.8. The van der Waals surface area contributed by atoms with Crippen LogP contribution in [0.2, 0.25) is 0 Å². The summed E-state index contributed by atoms with van der Waals surface area (Å²) in [6.45, 7) is 5.70. The molecule has 5 rings (SSSR count). The van der Waals surface area contributed by atoms with Gasteiger partial charge >= 0.3 is 6.09 Å². The molecule has 176 valence electrons. The number of nitrogens with zero attached hydrogens (tertiary/aromatic N) is 4. The van der Waals surface area contributed by atoms with Crippen LogP contribution in [0, 0.1) is 6.92 Å². The minimum Gasteiger partial charge on any atom is -0.493 e. The molecule has 3 aromatic rings. The van der Waals surface area contributed by atoms with Crippen molar-refractivity contribution in [1.82, 2.24) is 9.78 Å². The molecule has 0 spiro atoms. The van der Waals surface area contributed by atoms with Crippen LogP contribution < -0.4 is 19.3 Å². The summed E-state index contributed by atoms with van der Waals surface area (Å²) < 4.78 is 13.2. The Morgan fingerprint density at radius 1 is 1.03 bits per heavy atom. The van der Waals surface area contributed by atoms with Crippen LogP contribution in [0.15, 0.2) is 48.8 Å². The first-order valence-electron chi connectivity index (χ1n) is 11.5. The Morgan fingerprint density at radius 2 is 1.82 bits per heavy atom. The van der Waals surface area contributed by atoms with Crippen molar-refractivity contribution in [1.29, 1.82) is 0 Å². The van der Waals surface area contributed by atoms with Gasteiger partial charge in [-0.1, -0.05) is 12.1 Å². The number of fused-ring (bicyclic) bond motifs is 1. The first kappa shape index (κ1) is 22.0. The Hall–Kier alpha value is -3.81. The molecule has 1 atom stereocenters. The molecule has 0 saturated heterocycles. The van der Waals surface area contributed by atoms with Crippen LogP contribution >= 0.6 is 0 Å². The standard InChI is InChI=1S/C26H28N4O4/c1-16-5-10-24(33-4)25(11-16)34-26(32)28-14-17(2)30(18(3)31)22-9-6-19(12-23(22)28)20-13-27-29(15-20)21-7-8-21/h5-6,9-13,15,17,21H,7-8,14H2,1-4H3/t17-/m0/s1. The second-order valence-corrected chi connectivity index (χ2v) is 9.01. The largest absolute Gasteiger partial charge is 0.493 e. The minimum atomic E-state index is -0.522. The molecule has 1 aromatic heterocycles. The van der Waals surface area contributed by atoms with Gasteiger partial charge in [0.25, 0.3) is 0 Å². The molecule has 1 fully saturated rings. The van der Waals surface area contributed by atoms with E-state index < -0.39 is 6.09 Å². The number of anilines is 2. The van der Waals surface area contributed by atoms with E-state index >= 15 is 0 Å². The zero-order chi connectivity index (χ0) is 24.0. The molecule has 8 nitrogen and oxygen atoms in total. The second kappa shape index (κ2) is 8.52. The zero-order valence-electron chi connectivity index (χ0n) is 19.8. The van der Waals surface area contributed by atoms with E-state index in [9.17, 15) is 9.59 Å². The lowest BCUT2D eigenvalue weighted by molar-refractivity contribution is -0.117. The average Bonchev–Trinajstić information content (AvgIpc) is 3.54. The molecule has 0 N–H and O–H groups in total. The molecule has 1 saturated carbocycles. The van der Waals surface area contributed by atoms with E-state index in [0.717, 1.165) is 29.5 Å². The van der Waals surface area contributed by atoms with Gasteiger partial charge in [0, 0.05) is 25.2 Å². The average molecular weight is 461 g/mol. The van der Waals surface area contributed by atoms with Crippen molar-refractivity contribution in [2.75, 3.05) is 23.5 Å². The van der Waals surface area contributed by atoms with Gasteiger partial charge in [0.15, 0.2) is 11.5 Å². The van der Waals surface area contributed by atoms with E-state index in [4.69, 9.17) is 9.47 Å². The summed E-state index contributed by atoms with van der Waals surface area (Å²) in [6.07, 6.45) is 5.66. The Morgan fingerprint density at radius 3 is 2.53 bits per heavy atom.